The topological polar surface area (TPSA) is 50.9 Å². The third-order valence-corrected chi connectivity index (χ3v) is 4.66. The summed E-state index contributed by atoms with van der Waals surface area (Å²) in [6.07, 6.45) is 0.759. The van der Waals surface area contributed by atoms with Crippen LogP contribution in [0.15, 0.2) is 28.1 Å². The highest BCUT2D eigenvalue weighted by Crippen LogP contribution is 2.27. The highest BCUT2D eigenvalue weighted by atomic mass is 79.9. The Morgan fingerprint density at radius 3 is 2.89 bits per heavy atom. The van der Waals surface area contributed by atoms with Crippen molar-refractivity contribution in [3.8, 4) is 0 Å². The summed E-state index contributed by atoms with van der Waals surface area (Å²) in [4.78, 5) is 4.45. The SMILES string of the molecule is Cc1nc(CC(NN)c2ccc(Cl)c(Br)c2)cs1. The van der Waals surface area contributed by atoms with Gasteiger partial charge in [0.2, 0.25) is 0 Å². The first-order valence-electron chi connectivity index (χ1n) is 5.42. The molecule has 1 aromatic carbocycles. The van der Waals surface area contributed by atoms with Gasteiger partial charge in [-0.25, -0.2) is 4.98 Å². The standard InChI is InChI=1S/C12H13BrClN3S/c1-7-16-9(6-18-7)5-12(17-15)8-2-3-11(14)10(13)4-8/h2-4,6,12,17H,5,15H2,1H3. The largest absolute Gasteiger partial charge is 0.271 e. The molecule has 1 unspecified atom stereocenters. The average molecular weight is 347 g/mol. The first-order valence-corrected chi connectivity index (χ1v) is 7.47. The number of benzene rings is 1. The van der Waals surface area contributed by atoms with Crippen LogP contribution in [0.5, 0.6) is 0 Å². The zero-order valence-corrected chi connectivity index (χ0v) is 12.9. The smallest absolute Gasteiger partial charge is 0.0897 e. The van der Waals surface area contributed by atoms with Crippen LogP contribution in [-0.4, -0.2) is 4.98 Å². The molecule has 0 aliphatic carbocycles. The second kappa shape index (κ2) is 6.12. The number of hydrogen-bond acceptors (Lipinski definition) is 4. The Morgan fingerprint density at radius 2 is 2.33 bits per heavy atom. The average Bonchev–Trinajstić information content (AvgIpc) is 2.75. The molecule has 3 N–H and O–H groups in total. The van der Waals surface area contributed by atoms with Crippen LogP contribution >= 0.6 is 38.9 Å². The van der Waals surface area contributed by atoms with E-state index in [-0.39, 0.29) is 6.04 Å². The molecule has 0 aliphatic rings. The van der Waals surface area contributed by atoms with E-state index in [1.165, 1.54) is 0 Å². The van der Waals surface area contributed by atoms with Gasteiger partial charge in [-0.05, 0) is 40.5 Å². The minimum absolute atomic E-state index is 0.0278. The van der Waals surface area contributed by atoms with Gasteiger partial charge in [0, 0.05) is 16.3 Å². The van der Waals surface area contributed by atoms with Crippen LogP contribution in [0.25, 0.3) is 0 Å². The minimum Gasteiger partial charge on any atom is -0.271 e. The van der Waals surface area contributed by atoms with Gasteiger partial charge in [0.05, 0.1) is 21.8 Å². The lowest BCUT2D eigenvalue weighted by Crippen LogP contribution is -2.29. The summed E-state index contributed by atoms with van der Waals surface area (Å²) in [5.74, 6) is 5.62. The van der Waals surface area contributed by atoms with E-state index in [0.717, 1.165) is 27.2 Å². The van der Waals surface area contributed by atoms with Crippen LogP contribution in [-0.2, 0) is 6.42 Å². The molecule has 0 radical (unpaired) electrons. The van der Waals surface area contributed by atoms with E-state index in [9.17, 15) is 0 Å². The Labute approximate surface area is 123 Å². The predicted octanol–water partition coefficient (Wildman–Crippen LogP) is 3.61. The molecule has 0 bridgehead atoms. The summed E-state index contributed by atoms with van der Waals surface area (Å²) in [6.45, 7) is 2.00. The van der Waals surface area contributed by atoms with Gasteiger partial charge in [-0.15, -0.1) is 11.3 Å². The summed E-state index contributed by atoms with van der Waals surface area (Å²) >= 11 is 11.0. The molecular formula is C12H13BrClN3S. The number of rotatable bonds is 4. The molecule has 0 aliphatic heterocycles. The van der Waals surface area contributed by atoms with Crippen molar-refractivity contribution in [1.82, 2.24) is 10.4 Å². The van der Waals surface area contributed by atoms with Crippen molar-refractivity contribution >= 4 is 38.9 Å². The first kappa shape index (κ1) is 14.0. The monoisotopic (exact) mass is 345 g/mol. The molecule has 2 aromatic rings. The Kier molecular flexibility index (Phi) is 4.75. The maximum Gasteiger partial charge on any atom is 0.0897 e. The van der Waals surface area contributed by atoms with Gasteiger partial charge < -0.3 is 0 Å². The highest BCUT2D eigenvalue weighted by Gasteiger charge is 2.13. The number of nitrogens with zero attached hydrogens (tertiary/aromatic N) is 1. The van der Waals surface area contributed by atoms with Gasteiger partial charge in [-0.2, -0.15) is 0 Å². The quantitative estimate of drug-likeness (QED) is 0.657. The Hall–Kier alpha value is -0.460. The number of halogens is 2. The molecule has 1 heterocycles. The maximum absolute atomic E-state index is 5.98. The lowest BCUT2D eigenvalue weighted by atomic mass is 10.0. The van der Waals surface area contributed by atoms with Gasteiger partial charge >= 0.3 is 0 Å². The van der Waals surface area contributed by atoms with E-state index >= 15 is 0 Å². The van der Waals surface area contributed by atoms with Crippen molar-refractivity contribution in [2.75, 3.05) is 0 Å². The number of hydrogen-bond donors (Lipinski definition) is 2. The third kappa shape index (κ3) is 3.30. The molecule has 1 aromatic heterocycles. The summed E-state index contributed by atoms with van der Waals surface area (Å²) in [6, 6.07) is 5.83. The van der Waals surface area contributed by atoms with Gasteiger partial charge in [0.25, 0.3) is 0 Å². The fourth-order valence-electron chi connectivity index (χ4n) is 1.71. The van der Waals surface area contributed by atoms with Crippen LogP contribution in [0.1, 0.15) is 22.3 Å². The molecule has 6 heteroatoms. The number of aromatic nitrogens is 1. The van der Waals surface area contributed by atoms with Crippen molar-refractivity contribution in [2.45, 2.75) is 19.4 Å². The Bertz CT molecular complexity index is 544. The molecule has 0 saturated heterocycles. The molecule has 0 saturated carbocycles. The molecule has 2 rings (SSSR count). The third-order valence-electron chi connectivity index (χ3n) is 2.63. The van der Waals surface area contributed by atoms with Crippen LogP contribution in [0.2, 0.25) is 5.02 Å². The number of nitrogens with two attached hydrogens (primary N) is 1. The summed E-state index contributed by atoms with van der Waals surface area (Å²) in [5, 5.41) is 3.82. The Morgan fingerprint density at radius 1 is 1.56 bits per heavy atom. The van der Waals surface area contributed by atoms with Crippen molar-refractivity contribution < 1.29 is 0 Å². The zero-order chi connectivity index (χ0) is 13.1. The van der Waals surface area contributed by atoms with Crippen LogP contribution in [0, 0.1) is 6.92 Å². The summed E-state index contributed by atoms with van der Waals surface area (Å²) < 4.78 is 0.872. The molecule has 0 spiro atoms. The molecular weight excluding hydrogens is 334 g/mol. The van der Waals surface area contributed by atoms with Gasteiger partial charge in [-0.1, -0.05) is 17.7 Å². The van der Waals surface area contributed by atoms with E-state index in [1.54, 1.807) is 11.3 Å². The minimum atomic E-state index is 0.0278. The van der Waals surface area contributed by atoms with Crippen molar-refractivity contribution in [2.24, 2.45) is 5.84 Å². The molecule has 3 nitrogen and oxygen atoms in total. The van der Waals surface area contributed by atoms with E-state index in [0.29, 0.717) is 5.02 Å². The molecule has 1 atom stereocenters. The maximum atomic E-state index is 5.98. The van der Waals surface area contributed by atoms with E-state index in [2.05, 4.69) is 31.7 Å². The predicted molar refractivity (Wildman–Crippen MR) is 79.8 cm³/mol. The second-order valence-corrected chi connectivity index (χ2v) is 6.28. The van der Waals surface area contributed by atoms with Crippen LogP contribution in [0.3, 0.4) is 0 Å². The normalized spacial score (nSPS) is 12.7. The van der Waals surface area contributed by atoms with Crippen molar-refractivity contribution in [3.05, 3.63) is 49.3 Å². The lowest BCUT2D eigenvalue weighted by molar-refractivity contribution is 0.546. The number of hydrazine groups is 1. The molecule has 96 valence electrons. The summed E-state index contributed by atoms with van der Waals surface area (Å²) in [7, 11) is 0. The second-order valence-electron chi connectivity index (χ2n) is 3.95. The van der Waals surface area contributed by atoms with E-state index in [1.807, 2.05) is 25.1 Å². The van der Waals surface area contributed by atoms with Crippen molar-refractivity contribution in [3.63, 3.8) is 0 Å². The number of aryl methyl sites for hydroxylation is 1. The van der Waals surface area contributed by atoms with Crippen LogP contribution in [0.4, 0.5) is 0 Å². The van der Waals surface area contributed by atoms with E-state index in [4.69, 9.17) is 17.4 Å². The highest BCUT2D eigenvalue weighted by molar-refractivity contribution is 9.10. The zero-order valence-electron chi connectivity index (χ0n) is 9.78. The van der Waals surface area contributed by atoms with Gasteiger partial charge in [0.1, 0.15) is 0 Å². The van der Waals surface area contributed by atoms with Gasteiger partial charge in [-0.3, -0.25) is 11.3 Å². The lowest BCUT2D eigenvalue weighted by Gasteiger charge is -2.15. The van der Waals surface area contributed by atoms with Gasteiger partial charge in [0.15, 0.2) is 0 Å². The van der Waals surface area contributed by atoms with Crippen molar-refractivity contribution in [1.29, 1.82) is 0 Å². The Balaban J connectivity index is 2.19. The van der Waals surface area contributed by atoms with E-state index < -0.39 is 0 Å². The number of nitrogens with one attached hydrogen (secondary N) is 1. The molecule has 18 heavy (non-hydrogen) atoms. The fraction of sp³-hybridized carbons (Fsp3) is 0.250. The number of thiazole rings is 1. The summed E-state index contributed by atoms with van der Waals surface area (Å²) in [5.41, 5.74) is 4.95. The molecule has 0 fully saturated rings. The fourth-order valence-corrected chi connectivity index (χ4v) is 2.85. The van der Waals surface area contributed by atoms with Crippen LogP contribution < -0.4 is 11.3 Å². The molecule has 0 amide bonds. The first-order chi connectivity index (χ1) is 8.60.